The van der Waals surface area contributed by atoms with Gasteiger partial charge in [0.15, 0.2) is 0 Å². The molecule has 0 saturated heterocycles. The Balaban J connectivity index is 0.00000162. The third-order valence-electron chi connectivity index (χ3n) is 2.53. The summed E-state index contributed by atoms with van der Waals surface area (Å²) in [5, 5.41) is 12.6. The predicted octanol–water partition coefficient (Wildman–Crippen LogP) is -1.00. The van der Waals surface area contributed by atoms with Crippen molar-refractivity contribution >= 4 is 16.7 Å². The van der Waals surface area contributed by atoms with Gasteiger partial charge < -0.3 is 14.6 Å². The average molecular weight is 252 g/mol. The monoisotopic (exact) mass is 252 g/mol. The van der Waals surface area contributed by atoms with Crippen molar-refractivity contribution in [3.63, 3.8) is 0 Å². The van der Waals surface area contributed by atoms with Crippen LogP contribution in [-0.2, 0) is 0 Å². The van der Waals surface area contributed by atoms with Crippen LogP contribution in [-0.4, -0.2) is 12.6 Å². The van der Waals surface area contributed by atoms with Crippen LogP contribution < -0.4 is 39.4 Å². The fourth-order valence-corrected chi connectivity index (χ4v) is 1.76. The Bertz CT molecular complexity index is 552. The molecular formula is C14H13NaO3. The van der Waals surface area contributed by atoms with Crippen LogP contribution in [0, 0.1) is 0 Å². The molecule has 0 fully saturated rings. The summed E-state index contributed by atoms with van der Waals surface area (Å²) in [4.78, 5) is 11.1. The Hall–Kier alpha value is -1.03. The summed E-state index contributed by atoms with van der Waals surface area (Å²) in [6, 6.07) is 10.7. The van der Waals surface area contributed by atoms with E-state index in [2.05, 4.69) is 0 Å². The van der Waals surface area contributed by atoms with Crippen molar-refractivity contribution in [2.75, 3.05) is 6.61 Å². The Morgan fingerprint density at radius 2 is 2.00 bits per heavy atom. The van der Waals surface area contributed by atoms with Gasteiger partial charge in [-0.05, 0) is 29.3 Å². The molecular weight excluding hydrogens is 239 g/mol. The first kappa shape index (κ1) is 15.0. The normalized spacial score (nSPS) is 9.83. The Morgan fingerprint density at radius 1 is 1.28 bits per heavy atom. The maximum absolute atomic E-state index is 11.1. The van der Waals surface area contributed by atoms with Crippen LogP contribution in [0.3, 0.4) is 0 Å². The van der Waals surface area contributed by atoms with E-state index in [9.17, 15) is 9.90 Å². The molecule has 0 spiro atoms. The van der Waals surface area contributed by atoms with Crippen LogP contribution >= 0.6 is 0 Å². The fourth-order valence-electron chi connectivity index (χ4n) is 1.76. The minimum absolute atomic E-state index is 0. The molecule has 0 atom stereocenters. The summed E-state index contributed by atoms with van der Waals surface area (Å²) in [7, 11) is 0. The zero-order valence-electron chi connectivity index (χ0n) is 10.6. The summed E-state index contributed by atoms with van der Waals surface area (Å²) < 4.78 is 5.46. The standard InChI is InChI=1S/C14H14O3.Na/c1-2-7-17-11-8-10-5-3-4-6-12(10)13(9-11)14(15)16;/h3-6,8-9H,2,7H2,1H3,(H,15,16);/q;+1/p-1. The van der Waals surface area contributed by atoms with E-state index in [4.69, 9.17) is 4.74 Å². The van der Waals surface area contributed by atoms with Gasteiger partial charge in [-0.25, -0.2) is 0 Å². The number of carbonyl (C=O) groups is 1. The Labute approximate surface area is 128 Å². The number of rotatable bonds is 4. The maximum Gasteiger partial charge on any atom is 1.00 e. The largest absolute Gasteiger partial charge is 1.00 e. The molecule has 0 aliphatic rings. The van der Waals surface area contributed by atoms with Gasteiger partial charge in [0.2, 0.25) is 0 Å². The van der Waals surface area contributed by atoms with E-state index in [0.29, 0.717) is 17.7 Å². The smallest absolute Gasteiger partial charge is 0.545 e. The van der Waals surface area contributed by atoms with Gasteiger partial charge in [0.25, 0.3) is 0 Å². The van der Waals surface area contributed by atoms with Gasteiger partial charge in [-0.1, -0.05) is 31.2 Å². The van der Waals surface area contributed by atoms with Crippen molar-refractivity contribution in [1.29, 1.82) is 0 Å². The molecule has 0 amide bonds. The summed E-state index contributed by atoms with van der Waals surface area (Å²) in [6.45, 7) is 2.57. The van der Waals surface area contributed by atoms with Gasteiger partial charge in [-0.3, -0.25) is 0 Å². The molecule has 0 radical (unpaired) electrons. The molecule has 88 valence electrons. The zero-order chi connectivity index (χ0) is 12.3. The molecule has 0 bridgehead atoms. The number of ether oxygens (including phenoxy) is 1. The maximum atomic E-state index is 11.1. The Kier molecular flexibility index (Phi) is 5.66. The second-order valence-corrected chi connectivity index (χ2v) is 3.83. The number of fused-ring (bicyclic) bond motifs is 1. The average Bonchev–Trinajstić information content (AvgIpc) is 2.35. The summed E-state index contributed by atoms with van der Waals surface area (Å²) >= 11 is 0. The van der Waals surface area contributed by atoms with Gasteiger partial charge in [0.05, 0.1) is 12.6 Å². The quantitative estimate of drug-likeness (QED) is 0.656. The second-order valence-electron chi connectivity index (χ2n) is 3.83. The van der Waals surface area contributed by atoms with E-state index < -0.39 is 5.97 Å². The molecule has 0 aromatic heterocycles. The van der Waals surface area contributed by atoms with Gasteiger partial charge in [-0.2, -0.15) is 0 Å². The number of carboxylic acid groups (broad SMARTS) is 1. The van der Waals surface area contributed by atoms with Crippen molar-refractivity contribution in [3.05, 3.63) is 42.0 Å². The van der Waals surface area contributed by atoms with Crippen molar-refractivity contribution in [2.45, 2.75) is 13.3 Å². The van der Waals surface area contributed by atoms with E-state index in [1.165, 1.54) is 6.07 Å². The molecule has 2 rings (SSSR count). The Morgan fingerprint density at radius 3 is 2.67 bits per heavy atom. The van der Waals surface area contributed by atoms with Gasteiger partial charge in [0, 0.05) is 5.56 Å². The number of hydrogen-bond donors (Lipinski definition) is 0. The van der Waals surface area contributed by atoms with Crippen molar-refractivity contribution < 1.29 is 44.2 Å². The van der Waals surface area contributed by atoms with Gasteiger partial charge in [-0.15, -0.1) is 0 Å². The minimum atomic E-state index is -1.18. The molecule has 18 heavy (non-hydrogen) atoms. The van der Waals surface area contributed by atoms with E-state index in [0.717, 1.165) is 11.8 Å². The van der Waals surface area contributed by atoms with Crippen LogP contribution in [0.25, 0.3) is 10.8 Å². The minimum Gasteiger partial charge on any atom is -0.545 e. The summed E-state index contributed by atoms with van der Waals surface area (Å²) in [5.74, 6) is -0.604. The van der Waals surface area contributed by atoms with E-state index in [1.54, 1.807) is 12.1 Å². The van der Waals surface area contributed by atoms with E-state index in [1.807, 2.05) is 25.1 Å². The molecule has 2 aromatic carbocycles. The summed E-state index contributed by atoms with van der Waals surface area (Å²) in [6.07, 6.45) is 0.882. The first-order chi connectivity index (χ1) is 8.22. The number of hydrogen-bond acceptors (Lipinski definition) is 3. The van der Waals surface area contributed by atoms with Crippen LogP contribution in [0.15, 0.2) is 36.4 Å². The number of benzene rings is 2. The second kappa shape index (κ2) is 6.78. The van der Waals surface area contributed by atoms with Gasteiger partial charge >= 0.3 is 29.6 Å². The van der Waals surface area contributed by atoms with Crippen molar-refractivity contribution in [2.24, 2.45) is 0 Å². The van der Waals surface area contributed by atoms with Crippen LogP contribution in [0.1, 0.15) is 23.7 Å². The van der Waals surface area contributed by atoms with E-state index >= 15 is 0 Å². The molecule has 0 N–H and O–H groups in total. The zero-order valence-corrected chi connectivity index (χ0v) is 12.6. The molecule has 0 heterocycles. The third-order valence-corrected chi connectivity index (χ3v) is 2.53. The van der Waals surface area contributed by atoms with E-state index in [-0.39, 0.29) is 35.1 Å². The fraction of sp³-hybridized carbons (Fsp3) is 0.214. The molecule has 0 aliphatic carbocycles. The molecule has 0 unspecified atom stereocenters. The molecule has 4 heteroatoms. The van der Waals surface area contributed by atoms with Crippen molar-refractivity contribution in [3.8, 4) is 5.75 Å². The third kappa shape index (κ3) is 3.25. The number of carbonyl (C=O) groups excluding carboxylic acids is 1. The van der Waals surface area contributed by atoms with Crippen molar-refractivity contribution in [1.82, 2.24) is 0 Å². The first-order valence-corrected chi connectivity index (χ1v) is 5.59. The topological polar surface area (TPSA) is 49.4 Å². The first-order valence-electron chi connectivity index (χ1n) is 5.59. The van der Waals surface area contributed by atoms with Crippen LogP contribution in [0.4, 0.5) is 0 Å². The SMILES string of the molecule is CCCOc1cc(C(=O)[O-])c2ccccc2c1.[Na+]. The van der Waals surface area contributed by atoms with Crippen LogP contribution in [0.2, 0.25) is 0 Å². The molecule has 2 aromatic rings. The van der Waals surface area contributed by atoms with Crippen LogP contribution in [0.5, 0.6) is 5.75 Å². The number of aromatic carboxylic acids is 1. The van der Waals surface area contributed by atoms with Gasteiger partial charge in [0.1, 0.15) is 5.75 Å². The number of carboxylic acids is 1. The predicted molar refractivity (Wildman–Crippen MR) is 64.1 cm³/mol. The molecule has 0 saturated carbocycles. The molecule has 3 nitrogen and oxygen atoms in total. The molecule has 0 aliphatic heterocycles. The summed E-state index contributed by atoms with van der Waals surface area (Å²) in [5.41, 5.74) is 0.175.